The number of nitrogens with zero attached hydrogens (tertiary/aromatic N) is 1. The second-order valence-corrected chi connectivity index (χ2v) is 13.5. The molecule has 14 heteroatoms. The fourth-order valence-electron chi connectivity index (χ4n) is 6.04. The summed E-state index contributed by atoms with van der Waals surface area (Å²) in [5, 5.41) is 52.1. The van der Waals surface area contributed by atoms with Crippen molar-refractivity contribution in [3.05, 3.63) is 34.9 Å². The summed E-state index contributed by atoms with van der Waals surface area (Å²) in [6.07, 6.45) is 1.19. The summed E-state index contributed by atoms with van der Waals surface area (Å²) < 4.78 is 23.5. The van der Waals surface area contributed by atoms with Gasteiger partial charge in [-0.05, 0) is 72.3 Å². The largest absolute Gasteiger partial charge is 0.394 e. The Bertz CT molecular complexity index is 1080. The molecule has 13 N–H and O–H groups in total. The fraction of sp³-hybridized carbons (Fsp3) is 0.788. The minimum Gasteiger partial charge on any atom is -0.394 e. The monoisotopic (exact) mass is 669 g/mol. The number of aliphatic hydroxyl groups excluding tert-OH is 5. The first-order valence-corrected chi connectivity index (χ1v) is 16.6. The van der Waals surface area contributed by atoms with Gasteiger partial charge in [0.25, 0.3) is 0 Å². The fourth-order valence-corrected chi connectivity index (χ4v) is 6.04. The molecule has 0 aromatic rings. The smallest absolute Gasteiger partial charge is 0.186 e. The molecule has 2 aliphatic heterocycles. The van der Waals surface area contributed by atoms with Crippen LogP contribution in [-0.2, 0) is 18.9 Å². The van der Waals surface area contributed by atoms with Crippen LogP contribution in [0.2, 0.25) is 0 Å². The Hall–Kier alpha value is -1.63. The Morgan fingerprint density at radius 2 is 1.34 bits per heavy atom. The molecule has 0 radical (unpaired) electrons. The topological polar surface area (TPSA) is 255 Å². The molecular formula is C33H59N5O9. The first-order chi connectivity index (χ1) is 22.2. The van der Waals surface area contributed by atoms with E-state index in [0.717, 1.165) is 25.7 Å². The molecule has 2 saturated heterocycles. The van der Waals surface area contributed by atoms with Gasteiger partial charge in [-0.1, -0.05) is 28.9 Å². The van der Waals surface area contributed by atoms with Crippen LogP contribution in [0.1, 0.15) is 66.2 Å². The molecule has 0 aromatic carbocycles. The normalized spacial score (nSPS) is 40.5. The average molecular weight is 670 g/mol. The van der Waals surface area contributed by atoms with Gasteiger partial charge < -0.3 is 67.4 Å². The molecule has 47 heavy (non-hydrogen) atoms. The van der Waals surface area contributed by atoms with Gasteiger partial charge in [-0.15, -0.1) is 0 Å². The summed E-state index contributed by atoms with van der Waals surface area (Å²) in [6, 6.07) is -3.35. The second-order valence-electron chi connectivity index (χ2n) is 13.5. The van der Waals surface area contributed by atoms with E-state index < -0.39 is 92.2 Å². The van der Waals surface area contributed by atoms with Crippen LogP contribution < -0.4 is 22.9 Å². The van der Waals surface area contributed by atoms with E-state index in [1.807, 2.05) is 6.08 Å². The Kier molecular flexibility index (Phi) is 16.0. The van der Waals surface area contributed by atoms with E-state index in [4.69, 9.17) is 41.9 Å². The van der Waals surface area contributed by atoms with Crippen LogP contribution in [0.15, 0.2) is 39.9 Å². The summed E-state index contributed by atoms with van der Waals surface area (Å²) in [4.78, 5) is 4.44. The Morgan fingerprint density at radius 1 is 0.745 bits per heavy atom. The van der Waals surface area contributed by atoms with Crippen molar-refractivity contribution in [3.8, 4) is 0 Å². The van der Waals surface area contributed by atoms with Crippen molar-refractivity contribution < 1.29 is 44.5 Å². The zero-order valence-electron chi connectivity index (χ0n) is 28.2. The maximum absolute atomic E-state index is 11.3. The zero-order chi connectivity index (χ0) is 34.8. The van der Waals surface area contributed by atoms with Gasteiger partial charge in [-0.25, -0.2) is 0 Å². The number of aliphatic imine (C=N–C) groups is 1. The third kappa shape index (κ3) is 11.5. The van der Waals surface area contributed by atoms with E-state index in [2.05, 4.69) is 44.8 Å². The predicted molar refractivity (Wildman–Crippen MR) is 178 cm³/mol. The van der Waals surface area contributed by atoms with Crippen LogP contribution in [-0.4, -0.2) is 130 Å². The van der Waals surface area contributed by atoms with Crippen molar-refractivity contribution in [2.75, 3.05) is 13.2 Å². The van der Waals surface area contributed by atoms with E-state index >= 15 is 0 Å². The van der Waals surface area contributed by atoms with Crippen molar-refractivity contribution in [1.29, 1.82) is 0 Å². The van der Waals surface area contributed by atoms with Gasteiger partial charge >= 0.3 is 0 Å². The van der Waals surface area contributed by atoms with Crippen LogP contribution in [0.5, 0.6) is 0 Å². The third-order valence-corrected chi connectivity index (χ3v) is 9.06. The molecule has 14 nitrogen and oxygen atoms in total. The molecule has 3 rings (SSSR count). The number of nitrogens with two attached hydrogens (primary N) is 4. The highest BCUT2D eigenvalue weighted by Gasteiger charge is 2.50. The van der Waals surface area contributed by atoms with Crippen molar-refractivity contribution in [1.82, 2.24) is 0 Å². The predicted octanol–water partition coefficient (Wildman–Crippen LogP) is -0.764. The summed E-state index contributed by atoms with van der Waals surface area (Å²) >= 11 is 0. The molecule has 3 aliphatic rings. The minimum atomic E-state index is -1.46. The van der Waals surface area contributed by atoms with Gasteiger partial charge in [0.2, 0.25) is 0 Å². The maximum Gasteiger partial charge on any atom is 0.186 e. The molecule has 1 aliphatic carbocycles. The van der Waals surface area contributed by atoms with Gasteiger partial charge in [0.15, 0.2) is 12.6 Å². The van der Waals surface area contributed by atoms with Gasteiger partial charge in [-0.2, -0.15) is 0 Å². The Balaban J connectivity index is 1.55. The zero-order valence-corrected chi connectivity index (χ0v) is 28.2. The van der Waals surface area contributed by atoms with Gasteiger partial charge in [0.05, 0.1) is 31.3 Å². The number of hydrogen-bond acceptors (Lipinski definition) is 14. The number of allylic oxidation sites excluding steroid dienone is 6. The van der Waals surface area contributed by atoms with Crippen LogP contribution in [0, 0.1) is 0 Å². The Morgan fingerprint density at radius 3 is 1.98 bits per heavy atom. The highest BCUT2D eigenvalue weighted by molar-refractivity contribution is 5.72. The summed E-state index contributed by atoms with van der Waals surface area (Å²) in [5.41, 5.74) is 28.7. The number of rotatable bonds is 14. The van der Waals surface area contributed by atoms with Crippen molar-refractivity contribution in [2.24, 2.45) is 27.9 Å². The lowest BCUT2D eigenvalue weighted by Gasteiger charge is -2.47. The van der Waals surface area contributed by atoms with E-state index in [1.54, 1.807) is 6.21 Å². The molecule has 3 fully saturated rings. The molecule has 2 heterocycles. The summed E-state index contributed by atoms with van der Waals surface area (Å²) in [7, 11) is 0. The lowest BCUT2D eigenvalue weighted by molar-refractivity contribution is -0.314. The van der Waals surface area contributed by atoms with Crippen LogP contribution in [0.25, 0.3) is 0 Å². The molecule has 0 bridgehead atoms. The average Bonchev–Trinajstić information content (AvgIpc) is 3.00. The highest BCUT2D eigenvalue weighted by Crippen LogP contribution is 2.31. The molecule has 0 spiro atoms. The molecule has 1 saturated carbocycles. The first kappa shape index (κ1) is 39.8. The van der Waals surface area contributed by atoms with E-state index in [9.17, 15) is 25.5 Å². The third-order valence-electron chi connectivity index (χ3n) is 9.06. The quantitative estimate of drug-likeness (QED) is 0.0815. The number of aliphatic hydroxyl groups is 5. The first-order valence-electron chi connectivity index (χ1n) is 16.6. The molecule has 0 amide bonds. The van der Waals surface area contributed by atoms with Gasteiger partial charge in [-0.3, -0.25) is 4.99 Å². The highest BCUT2D eigenvalue weighted by atomic mass is 16.7. The molecule has 270 valence electrons. The van der Waals surface area contributed by atoms with E-state index in [1.165, 1.54) is 16.7 Å². The minimum absolute atomic E-state index is 0.172. The molecule has 14 unspecified atom stereocenters. The molecular weight excluding hydrogens is 610 g/mol. The van der Waals surface area contributed by atoms with Gasteiger partial charge in [0, 0.05) is 18.3 Å². The van der Waals surface area contributed by atoms with E-state index in [-0.39, 0.29) is 19.4 Å². The lowest BCUT2D eigenvalue weighted by Crippen LogP contribution is -2.68. The van der Waals surface area contributed by atoms with Crippen molar-refractivity contribution in [3.63, 3.8) is 0 Å². The number of hydrogen-bond donors (Lipinski definition) is 9. The van der Waals surface area contributed by atoms with Crippen LogP contribution >= 0.6 is 0 Å². The van der Waals surface area contributed by atoms with Crippen molar-refractivity contribution >= 4 is 6.21 Å². The second kappa shape index (κ2) is 18.9. The Labute approximate surface area is 278 Å². The summed E-state index contributed by atoms with van der Waals surface area (Å²) in [5.74, 6) is 0. The SMILES string of the molecule is CC(C)=CCC/C(C)=C/CC/C(C)=C/C=N/CC1OC(OC2C(N)CC(N)C(OC3OC(CO)C(O)C(N)C3O)C2O)C(N)CC1O. The summed E-state index contributed by atoms with van der Waals surface area (Å²) in [6.45, 7) is 8.05. The maximum atomic E-state index is 11.3. The standard InChI is InChI=1S/C33H59N5O9/c1-17(2)7-5-8-18(3)9-6-10-19(4)11-12-38-15-24-23(40)14-22(36)32(44-24)46-30-20(34)13-21(35)31(29(30)43)47-33-28(42)26(37)27(41)25(16-39)45-33/h7,9,11-12,20-33,39-43H,5-6,8,10,13-16,34-37H2,1-4H3/b18-9+,19-11+,38-12+. The van der Waals surface area contributed by atoms with Crippen molar-refractivity contribution in [2.45, 2.75) is 152 Å². The van der Waals surface area contributed by atoms with Crippen LogP contribution in [0.3, 0.4) is 0 Å². The lowest BCUT2D eigenvalue weighted by atomic mass is 9.84. The van der Waals surface area contributed by atoms with E-state index in [0.29, 0.717) is 0 Å². The number of ether oxygens (including phenoxy) is 4. The molecule has 0 aromatic heterocycles. The van der Waals surface area contributed by atoms with Crippen LogP contribution in [0.4, 0.5) is 0 Å². The van der Waals surface area contributed by atoms with Gasteiger partial charge in [0.1, 0.15) is 42.7 Å². The molecule has 14 atom stereocenters.